The molecule has 0 aliphatic rings. The number of aromatic nitrogens is 2. The SMILES string of the molecule is Cc1[nH]c2ccc(C(F)(F)F)cc2c1-c1nsc2ccccc12. The van der Waals surface area contributed by atoms with Crippen molar-refractivity contribution in [2.45, 2.75) is 13.1 Å². The van der Waals surface area contributed by atoms with Crippen LogP contribution in [0.5, 0.6) is 0 Å². The fraction of sp³-hybridized carbons (Fsp3) is 0.118. The summed E-state index contributed by atoms with van der Waals surface area (Å²) in [5, 5.41) is 1.51. The van der Waals surface area contributed by atoms with Gasteiger partial charge in [0, 0.05) is 27.5 Å². The molecule has 116 valence electrons. The largest absolute Gasteiger partial charge is 0.416 e. The molecule has 1 N–H and O–H groups in total. The predicted molar refractivity (Wildman–Crippen MR) is 86.7 cm³/mol. The van der Waals surface area contributed by atoms with Crippen molar-refractivity contribution in [3.05, 3.63) is 53.7 Å². The van der Waals surface area contributed by atoms with Gasteiger partial charge in [0.05, 0.1) is 16.0 Å². The highest BCUT2D eigenvalue weighted by atomic mass is 32.1. The minimum absolute atomic E-state index is 0.549. The van der Waals surface area contributed by atoms with E-state index in [0.717, 1.165) is 33.1 Å². The molecule has 2 aromatic heterocycles. The third kappa shape index (κ3) is 2.21. The first kappa shape index (κ1) is 14.3. The van der Waals surface area contributed by atoms with Gasteiger partial charge in [-0.05, 0) is 42.7 Å². The number of rotatable bonds is 1. The maximum atomic E-state index is 13.0. The summed E-state index contributed by atoms with van der Waals surface area (Å²) in [7, 11) is 0. The first-order chi connectivity index (χ1) is 10.9. The first-order valence-corrected chi connectivity index (χ1v) is 7.77. The van der Waals surface area contributed by atoms with E-state index in [0.29, 0.717) is 10.9 Å². The lowest BCUT2D eigenvalue weighted by molar-refractivity contribution is -0.137. The molecule has 0 spiro atoms. The summed E-state index contributed by atoms with van der Waals surface area (Å²) in [6, 6.07) is 11.5. The zero-order chi connectivity index (χ0) is 16.2. The van der Waals surface area contributed by atoms with Gasteiger partial charge in [0.1, 0.15) is 0 Å². The Morgan fingerprint density at radius 3 is 2.61 bits per heavy atom. The zero-order valence-corrected chi connectivity index (χ0v) is 12.8. The average Bonchev–Trinajstić information content (AvgIpc) is 3.05. The van der Waals surface area contributed by atoms with E-state index in [1.165, 1.54) is 23.7 Å². The maximum Gasteiger partial charge on any atom is 0.416 e. The molecule has 0 aliphatic carbocycles. The molecule has 0 saturated carbocycles. The van der Waals surface area contributed by atoms with E-state index in [1.54, 1.807) is 0 Å². The van der Waals surface area contributed by atoms with Crippen LogP contribution in [-0.2, 0) is 6.18 Å². The average molecular weight is 332 g/mol. The van der Waals surface area contributed by atoms with Gasteiger partial charge in [0.15, 0.2) is 0 Å². The summed E-state index contributed by atoms with van der Waals surface area (Å²) in [5.74, 6) is 0. The number of fused-ring (bicyclic) bond motifs is 2. The molecule has 0 fully saturated rings. The normalized spacial score (nSPS) is 12.3. The van der Waals surface area contributed by atoms with E-state index in [1.807, 2.05) is 31.2 Å². The molecule has 2 heterocycles. The highest BCUT2D eigenvalue weighted by Gasteiger charge is 2.31. The molecule has 23 heavy (non-hydrogen) atoms. The number of hydrogen-bond acceptors (Lipinski definition) is 2. The van der Waals surface area contributed by atoms with E-state index in [9.17, 15) is 13.2 Å². The predicted octanol–water partition coefficient (Wildman–Crippen LogP) is 5.77. The molecule has 0 bridgehead atoms. The first-order valence-electron chi connectivity index (χ1n) is 6.99. The molecule has 0 amide bonds. The number of aryl methyl sites for hydroxylation is 1. The number of halogens is 3. The van der Waals surface area contributed by atoms with Gasteiger partial charge >= 0.3 is 6.18 Å². The molecular formula is C17H11F3N2S. The molecular weight excluding hydrogens is 321 g/mol. The smallest absolute Gasteiger partial charge is 0.358 e. The van der Waals surface area contributed by atoms with Crippen LogP contribution in [0.4, 0.5) is 13.2 Å². The third-order valence-corrected chi connectivity index (χ3v) is 4.75. The minimum Gasteiger partial charge on any atom is -0.358 e. The number of hydrogen-bond donors (Lipinski definition) is 1. The lowest BCUT2D eigenvalue weighted by Gasteiger charge is -2.06. The van der Waals surface area contributed by atoms with Gasteiger partial charge in [-0.1, -0.05) is 18.2 Å². The molecule has 0 atom stereocenters. The second-order valence-corrected chi connectivity index (χ2v) is 6.22. The van der Waals surface area contributed by atoms with E-state index < -0.39 is 11.7 Å². The van der Waals surface area contributed by atoms with Crippen LogP contribution in [0.1, 0.15) is 11.3 Å². The van der Waals surface area contributed by atoms with Crippen molar-refractivity contribution in [2.24, 2.45) is 0 Å². The van der Waals surface area contributed by atoms with E-state index >= 15 is 0 Å². The zero-order valence-electron chi connectivity index (χ0n) is 12.0. The Morgan fingerprint density at radius 1 is 1.04 bits per heavy atom. The number of alkyl halides is 3. The van der Waals surface area contributed by atoms with Crippen molar-refractivity contribution in [1.29, 1.82) is 0 Å². The standard InChI is InChI=1S/C17H11F3N2S/c1-9-15(16-11-4-2-3-5-14(11)23-22-16)12-8-10(17(18,19)20)6-7-13(12)21-9/h2-8,21H,1H3. The van der Waals surface area contributed by atoms with Crippen molar-refractivity contribution in [3.63, 3.8) is 0 Å². The second kappa shape index (κ2) is 4.83. The van der Waals surface area contributed by atoms with Gasteiger partial charge < -0.3 is 4.98 Å². The number of benzene rings is 2. The fourth-order valence-electron chi connectivity index (χ4n) is 2.87. The minimum atomic E-state index is -4.36. The summed E-state index contributed by atoms with van der Waals surface area (Å²) in [6.45, 7) is 1.86. The molecule has 0 unspecified atom stereocenters. The second-order valence-electron chi connectivity index (χ2n) is 5.41. The highest BCUT2D eigenvalue weighted by Crippen LogP contribution is 2.39. The summed E-state index contributed by atoms with van der Waals surface area (Å²) < 4.78 is 44.6. The van der Waals surface area contributed by atoms with Gasteiger partial charge in [-0.3, -0.25) is 0 Å². The van der Waals surface area contributed by atoms with Crippen molar-refractivity contribution >= 4 is 32.5 Å². The van der Waals surface area contributed by atoms with Gasteiger partial charge in [0.25, 0.3) is 0 Å². The Labute approximate surface area is 133 Å². The Kier molecular flexibility index (Phi) is 2.99. The molecule has 0 radical (unpaired) electrons. The number of H-pyrrole nitrogens is 1. The van der Waals surface area contributed by atoms with E-state index in [2.05, 4.69) is 9.36 Å². The van der Waals surface area contributed by atoms with Crippen LogP contribution in [-0.4, -0.2) is 9.36 Å². The van der Waals surface area contributed by atoms with Crippen molar-refractivity contribution < 1.29 is 13.2 Å². The van der Waals surface area contributed by atoms with Crippen LogP contribution in [0.15, 0.2) is 42.5 Å². The molecule has 4 rings (SSSR count). The fourth-order valence-corrected chi connectivity index (χ4v) is 3.66. The molecule has 6 heteroatoms. The lowest BCUT2D eigenvalue weighted by atomic mass is 10.0. The van der Waals surface area contributed by atoms with E-state index in [4.69, 9.17) is 0 Å². The third-order valence-electron chi connectivity index (χ3n) is 3.93. The van der Waals surface area contributed by atoms with Crippen molar-refractivity contribution in [3.8, 4) is 11.3 Å². The number of nitrogens with one attached hydrogen (secondary N) is 1. The summed E-state index contributed by atoms with van der Waals surface area (Å²) in [4.78, 5) is 3.16. The van der Waals surface area contributed by atoms with Crippen molar-refractivity contribution in [1.82, 2.24) is 9.36 Å². The molecule has 2 nitrogen and oxygen atoms in total. The summed E-state index contributed by atoms with van der Waals surface area (Å²) in [5.41, 5.74) is 2.32. The summed E-state index contributed by atoms with van der Waals surface area (Å²) >= 11 is 1.35. The monoisotopic (exact) mass is 332 g/mol. The molecule has 4 aromatic rings. The Bertz CT molecular complexity index is 1030. The summed E-state index contributed by atoms with van der Waals surface area (Å²) in [6.07, 6.45) is -4.36. The van der Waals surface area contributed by atoms with Gasteiger partial charge in [-0.15, -0.1) is 0 Å². The molecule has 0 aliphatic heterocycles. The number of nitrogens with zero attached hydrogens (tertiary/aromatic N) is 1. The Hall–Kier alpha value is -2.34. The maximum absolute atomic E-state index is 13.0. The van der Waals surface area contributed by atoms with Crippen LogP contribution < -0.4 is 0 Å². The van der Waals surface area contributed by atoms with E-state index in [-0.39, 0.29) is 0 Å². The van der Waals surface area contributed by atoms with Crippen LogP contribution >= 0.6 is 11.5 Å². The van der Waals surface area contributed by atoms with Crippen molar-refractivity contribution in [2.75, 3.05) is 0 Å². The van der Waals surface area contributed by atoms with Gasteiger partial charge in [0.2, 0.25) is 0 Å². The van der Waals surface area contributed by atoms with Gasteiger partial charge in [-0.2, -0.15) is 17.5 Å². The number of aromatic amines is 1. The van der Waals surface area contributed by atoms with Crippen LogP contribution in [0, 0.1) is 6.92 Å². The molecule has 0 saturated heterocycles. The van der Waals surface area contributed by atoms with Gasteiger partial charge in [-0.25, -0.2) is 0 Å². The molecule has 2 aromatic carbocycles. The Balaban J connectivity index is 2.04. The quantitative estimate of drug-likeness (QED) is 0.471. The van der Waals surface area contributed by atoms with Crippen LogP contribution in [0.2, 0.25) is 0 Å². The van der Waals surface area contributed by atoms with Crippen LogP contribution in [0.3, 0.4) is 0 Å². The Morgan fingerprint density at radius 2 is 1.83 bits per heavy atom. The topological polar surface area (TPSA) is 28.7 Å². The highest BCUT2D eigenvalue weighted by molar-refractivity contribution is 7.13. The van der Waals surface area contributed by atoms with Crippen LogP contribution in [0.25, 0.3) is 32.2 Å². The lowest BCUT2D eigenvalue weighted by Crippen LogP contribution is -2.04.